The van der Waals surface area contributed by atoms with Crippen molar-refractivity contribution in [1.82, 2.24) is 19.6 Å². The first-order chi connectivity index (χ1) is 8.47. The summed E-state index contributed by atoms with van der Waals surface area (Å²) in [5, 5.41) is 11.6. The Hall–Kier alpha value is -1.82. The second kappa shape index (κ2) is 4.81. The van der Waals surface area contributed by atoms with Gasteiger partial charge in [0.1, 0.15) is 6.54 Å². The van der Waals surface area contributed by atoms with Crippen LogP contribution in [-0.4, -0.2) is 25.5 Å². The number of carbonyl (C=O) groups excluding carboxylic acids is 1. The Balaban J connectivity index is 2.05. The molecule has 0 saturated carbocycles. The van der Waals surface area contributed by atoms with Crippen LogP contribution in [0.3, 0.4) is 0 Å². The SMILES string of the molecule is Cc1nn(CC(=O)Nc2ccn(C)n2)c(C)c1Cl. The third-order valence-electron chi connectivity index (χ3n) is 2.57. The van der Waals surface area contributed by atoms with E-state index in [-0.39, 0.29) is 12.5 Å². The fraction of sp³-hybridized carbons (Fsp3) is 0.364. The minimum Gasteiger partial charge on any atom is -0.308 e. The first-order valence-corrected chi connectivity index (χ1v) is 5.84. The lowest BCUT2D eigenvalue weighted by Gasteiger charge is -2.04. The van der Waals surface area contributed by atoms with E-state index in [4.69, 9.17) is 11.6 Å². The first kappa shape index (κ1) is 12.6. The molecular weight excluding hydrogens is 254 g/mol. The predicted octanol–water partition coefficient (Wildman–Crippen LogP) is 1.53. The molecule has 2 aromatic rings. The summed E-state index contributed by atoms with van der Waals surface area (Å²) < 4.78 is 3.20. The topological polar surface area (TPSA) is 64.7 Å². The molecule has 0 unspecified atom stereocenters. The van der Waals surface area contributed by atoms with E-state index < -0.39 is 0 Å². The number of rotatable bonds is 3. The molecule has 0 saturated heterocycles. The molecule has 18 heavy (non-hydrogen) atoms. The van der Waals surface area contributed by atoms with Gasteiger partial charge in [-0.2, -0.15) is 10.2 Å². The minimum atomic E-state index is -0.184. The van der Waals surface area contributed by atoms with E-state index in [0.717, 1.165) is 11.4 Å². The first-order valence-electron chi connectivity index (χ1n) is 5.46. The maximum atomic E-state index is 11.8. The van der Waals surface area contributed by atoms with Crippen LogP contribution in [0.4, 0.5) is 5.82 Å². The van der Waals surface area contributed by atoms with Gasteiger partial charge in [-0.05, 0) is 13.8 Å². The summed E-state index contributed by atoms with van der Waals surface area (Å²) in [6.45, 7) is 3.76. The molecule has 0 radical (unpaired) electrons. The van der Waals surface area contributed by atoms with Crippen LogP contribution in [0, 0.1) is 13.8 Å². The average Bonchev–Trinajstić information content (AvgIpc) is 2.80. The molecule has 2 rings (SSSR count). The predicted molar refractivity (Wildman–Crippen MR) is 68.5 cm³/mol. The summed E-state index contributed by atoms with van der Waals surface area (Å²) in [6.07, 6.45) is 1.76. The van der Waals surface area contributed by atoms with Gasteiger partial charge in [0.2, 0.25) is 5.91 Å². The van der Waals surface area contributed by atoms with Crippen LogP contribution in [0.25, 0.3) is 0 Å². The summed E-state index contributed by atoms with van der Waals surface area (Å²) in [4.78, 5) is 11.8. The number of carbonyl (C=O) groups is 1. The largest absolute Gasteiger partial charge is 0.308 e. The van der Waals surface area contributed by atoms with Gasteiger partial charge >= 0.3 is 0 Å². The van der Waals surface area contributed by atoms with Crippen molar-refractivity contribution in [3.63, 3.8) is 0 Å². The number of halogens is 1. The van der Waals surface area contributed by atoms with Gasteiger partial charge in [-0.1, -0.05) is 11.6 Å². The van der Waals surface area contributed by atoms with Gasteiger partial charge in [-0.3, -0.25) is 14.2 Å². The Kier molecular flexibility index (Phi) is 3.38. The maximum absolute atomic E-state index is 11.8. The third kappa shape index (κ3) is 2.53. The van der Waals surface area contributed by atoms with Gasteiger partial charge in [-0.15, -0.1) is 0 Å². The molecule has 0 bridgehead atoms. The molecule has 1 N–H and O–H groups in total. The van der Waals surface area contributed by atoms with E-state index in [9.17, 15) is 4.79 Å². The Bertz CT molecular complexity index is 586. The molecule has 0 aliphatic heterocycles. The van der Waals surface area contributed by atoms with Gasteiger partial charge in [0, 0.05) is 19.3 Å². The van der Waals surface area contributed by atoms with E-state index in [1.54, 1.807) is 28.7 Å². The molecule has 0 aliphatic carbocycles. The lowest BCUT2D eigenvalue weighted by molar-refractivity contribution is -0.117. The highest BCUT2D eigenvalue weighted by atomic mass is 35.5. The summed E-state index contributed by atoms with van der Waals surface area (Å²) >= 11 is 6.01. The number of hydrogen-bond donors (Lipinski definition) is 1. The third-order valence-corrected chi connectivity index (χ3v) is 3.11. The summed E-state index contributed by atoms with van der Waals surface area (Å²) in [5.41, 5.74) is 1.50. The maximum Gasteiger partial charge on any atom is 0.247 e. The molecule has 6 nitrogen and oxygen atoms in total. The monoisotopic (exact) mass is 267 g/mol. The Morgan fingerprint density at radius 3 is 2.67 bits per heavy atom. The average molecular weight is 268 g/mol. The number of nitrogens with zero attached hydrogens (tertiary/aromatic N) is 4. The van der Waals surface area contributed by atoms with Crippen LogP contribution >= 0.6 is 11.6 Å². The standard InChI is InChI=1S/C11H14ClN5O/c1-7-11(12)8(2)17(14-7)6-10(18)13-9-4-5-16(3)15-9/h4-5H,6H2,1-3H3,(H,13,15,18). The van der Waals surface area contributed by atoms with E-state index in [2.05, 4.69) is 15.5 Å². The quantitative estimate of drug-likeness (QED) is 0.917. The molecule has 0 fully saturated rings. The molecular formula is C11H14ClN5O. The lowest BCUT2D eigenvalue weighted by Crippen LogP contribution is -2.20. The number of aromatic nitrogens is 4. The van der Waals surface area contributed by atoms with Crippen molar-refractivity contribution in [3.8, 4) is 0 Å². The number of anilines is 1. The molecule has 0 atom stereocenters. The summed E-state index contributed by atoms with van der Waals surface area (Å²) in [5.74, 6) is 0.339. The van der Waals surface area contributed by atoms with Crippen LogP contribution in [-0.2, 0) is 18.4 Å². The van der Waals surface area contributed by atoms with Crippen LogP contribution in [0.15, 0.2) is 12.3 Å². The summed E-state index contributed by atoms with van der Waals surface area (Å²) in [6, 6.07) is 1.73. The lowest BCUT2D eigenvalue weighted by atomic mass is 10.4. The van der Waals surface area contributed by atoms with Gasteiger partial charge in [0.15, 0.2) is 5.82 Å². The highest BCUT2D eigenvalue weighted by Crippen LogP contribution is 2.18. The van der Waals surface area contributed by atoms with E-state index >= 15 is 0 Å². The molecule has 7 heteroatoms. The van der Waals surface area contributed by atoms with E-state index in [1.165, 1.54) is 0 Å². The van der Waals surface area contributed by atoms with Crippen molar-refractivity contribution >= 4 is 23.3 Å². The molecule has 2 aromatic heterocycles. The normalized spacial score (nSPS) is 10.7. The van der Waals surface area contributed by atoms with Crippen molar-refractivity contribution in [1.29, 1.82) is 0 Å². The van der Waals surface area contributed by atoms with Crippen LogP contribution in [0.2, 0.25) is 5.02 Å². The Morgan fingerprint density at radius 2 is 2.17 bits per heavy atom. The summed E-state index contributed by atoms with van der Waals surface area (Å²) in [7, 11) is 1.79. The van der Waals surface area contributed by atoms with Crippen molar-refractivity contribution in [2.24, 2.45) is 7.05 Å². The number of nitrogens with one attached hydrogen (secondary N) is 1. The van der Waals surface area contributed by atoms with Gasteiger partial charge in [0.25, 0.3) is 0 Å². The van der Waals surface area contributed by atoms with Gasteiger partial charge in [-0.25, -0.2) is 0 Å². The van der Waals surface area contributed by atoms with E-state index in [1.807, 2.05) is 13.8 Å². The minimum absolute atomic E-state index is 0.121. The molecule has 0 aliphatic rings. The molecule has 0 spiro atoms. The molecule has 1 amide bonds. The second-order valence-corrected chi connectivity index (χ2v) is 4.44. The van der Waals surface area contributed by atoms with Crippen molar-refractivity contribution in [2.45, 2.75) is 20.4 Å². The molecule has 2 heterocycles. The zero-order valence-corrected chi connectivity index (χ0v) is 11.2. The fourth-order valence-electron chi connectivity index (χ4n) is 1.63. The van der Waals surface area contributed by atoms with Gasteiger partial charge < -0.3 is 5.32 Å². The zero-order valence-electron chi connectivity index (χ0n) is 10.4. The number of hydrogen-bond acceptors (Lipinski definition) is 3. The van der Waals surface area contributed by atoms with E-state index in [0.29, 0.717) is 10.8 Å². The zero-order chi connectivity index (χ0) is 13.3. The highest BCUT2D eigenvalue weighted by Gasteiger charge is 2.12. The van der Waals surface area contributed by atoms with Crippen LogP contribution in [0.5, 0.6) is 0 Å². The number of amides is 1. The smallest absolute Gasteiger partial charge is 0.247 e. The van der Waals surface area contributed by atoms with Crippen LogP contribution in [0.1, 0.15) is 11.4 Å². The Morgan fingerprint density at radius 1 is 1.44 bits per heavy atom. The fourth-order valence-corrected chi connectivity index (χ4v) is 1.76. The highest BCUT2D eigenvalue weighted by molar-refractivity contribution is 6.31. The van der Waals surface area contributed by atoms with Crippen molar-refractivity contribution < 1.29 is 4.79 Å². The van der Waals surface area contributed by atoms with Crippen molar-refractivity contribution in [3.05, 3.63) is 28.7 Å². The molecule has 96 valence electrons. The Labute approximate surface area is 110 Å². The van der Waals surface area contributed by atoms with Crippen LogP contribution < -0.4 is 5.32 Å². The van der Waals surface area contributed by atoms with Crippen molar-refractivity contribution in [2.75, 3.05) is 5.32 Å². The number of aryl methyl sites for hydroxylation is 2. The van der Waals surface area contributed by atoms with Gasteiger partial charge in [0.05, 0.1) is 16.4 Å². The molecule has 0 aromatic carbocycles. The second-order valence-electron chi connectivity index (χ2n) is 4.07.